The summed E-state index contributed by atoms with van der Waals surface area (Å²) in [4.78, 5) is 21.7. The van der Waals surface area contributed by atoms with Crippen molar-refractivity contribution in [2.24, 2.45) is 5.41 Å². The predicted octanol–water partition coefficient (Wildman–Crippen LogP) is 3.98. The van der Waals surface area contributed by atoms with Gasteiger partial charge in [-0.05, 0) is 75.1 Å². The Morgan fingerprint density at radius 3 is 2.53 bits per heavy atom. The van der Waals surface area contributed by atoms with Crippen LogP contribution in [0.4, 0.5) is 8.78 Å². The Labute approximate surface area is 258 Å². The molecular weight excluding hydrogens is 610 g/mol. The second kappa shape index (κ2) is 10.8. The number of sulfonamides is 1. The van der Waals surface area contributed by atoms with E-state index in [2.05, 4.69) is 15.2 Å². The highest BCUT2D eigenvalue weighted by Crippen LogP contribution is 2.43. The monoisotopic (exact) mass is 642 g/mol. The second-order valence-electron chi connectivity index (χ2n) is 12.3. The molecule has 1 saturated heterocycles. The lowest BCUT2D eigenvalue weighted by Crippen LogP contribution is -2.60. The number of aryl methyl sites for hydroxylation is 3. The first-order chi connectivity index (χ1) is 21.1. The zero-order valence-electron chi connectivity index (χ0n) is 25.3. The molecule has 0 aliphatic carbocycles. The van der Waals surface area contributed by atoms with Crippen molar-refractivity contribution in [1.29, 1.82) is 0 Å². The number of fused-ring (bicyclic) bond motifs is 2. The molecule has 0 bridgehead atoms. The molecule has 45 heavy (non-hydrogen) atoms. The Kier molecular flexibility index (Phi) is 7.40. The molecule has 1 fully saturated rings. The summed E-state index contributed by atoms with van der Waals surface area (Å²) < 4.78 is 69.1. The molecule has 2 aliphatic rings. The van der Waals surface area contributed by atoms with Crippen LogP contribution in [0.5, 0.6) is 5.88 Å². The van der Waals surface area contributed by atoms with Crippen LogP contribution in [0.2, 0.25) is 0 Å². The fourth-order valence-electron chi connectivity index (χ4n) is 5.89. The van der Waals surface area contributed by atoms with Crippen molar-refractivity contribution in [3.63, 3.8) is 0 Å². The van der Waals surface area contributed by atoms with Crippen molar-refractivity contribution in [2.75, 3.05) is 19.8 Å². The van der Waals surface area contributed by atoms with Crippen LogP contribution in [0.25, 0.3) is 5.65 Å². The molecule has 2 aliphatic heterocycles. The quantitative estimate of drug-likeness (QED) is 0.314. The minimum absolute atomic E-state index is 0.00470. The van der Waals surface area contributed by atoms with Gasteiger partial charge in [0.15, 0.2) is 11.2 Å². The van der Waals surface area contributed by atoms with Gasteiger partial charge in [0.25, 0.3) is 6.43 Å². The molecule has 0 radical (unpaired) electrons. The molecule has 1 spiro atoms. The summed E-state index contributed by atoms with van der Waals surface area (Å²) in [5.74, 6) is -2.48. The number of hydrogen-bond donors (Lipinski definition) is 1. The number of pyridine rings is 3. The fourth-order valence-corrected chi connectivity index (χ4v) is 7.51. The molecule has 0 amide bonds. The Bertz CT molecular complexity index is 1940. The van der Waals surface area contributed by atoms with Crippen LogP contribution in [0.1, 0.15) is 65.7 Å². The van der Waals surface area contributed by atoms with Crippen LogP contribution >= 0.6 is 0 Å². The van der Waals surface area contributed by atoms with Gasteiger partial charge in [-0.25, -0.2) is 22.2 Å². The number of rotatable bonds is 7. The van der Waals surface area contributed by atoms with Crippen LogP contribution in [0.15, 0.2) is 41.6 Å². The van der Waals surface area contributed by atoms with Gasteiger partial charge in [-0.2, -0.15) is 4.31 Å². The average Bonchev–Trinajstić information content (AvgIpc) is 3.36. The van der Waals surface area contributed by atoms with Crippen molar-refractivity contribution in [2.45, 2.75) is 64.0 Å². The van der Waals surface area contributed by atoms with E-state index in [1.54, 1.807) is 59.0 Å². The zero-order valence-corrected chi connectivity index (χ0v) is 26.1. The molecule has 6 rings (SSSR count). The third-order valence-electron chi connectivity index (χ3n) is 8.60. The summed E-state index contributed by atoms with van der Waals surface area (Å²) >= 11 is 0. The number of hydrogen-bond acceptors (Lipinski definition) is 9. The normalized spacial score (nSPS) is 18.3. The lowest BCUT2D eigenvalue weighted by atomic mass is 9.72. The molecular formula is C30H32F2N6O6S. The zero-order chi connectivity index (χ0) is 32.5. The van der Waals surface area contributed by atoms with Crippen molar-refractivity contribution in [3.8, 4) is 5.88 Å². The molecule has 1 N–H and O–H groups in total. The van der Waals surface area contributed by atoms with Crippen LogP contribution in [0, 0.1) is 26.2 Å². The lowest BCUT2D eigenvalue weighted by molar-refractivity contribution is -0.166. The Morgan fingerprint density at radius 1 is 1.16 bits per heavy atom. The number of aromatic nitrogens is 5. The fraction of sp³-hybridized carbons (Fsp3) is 0.433. The van der Waals surface area contributed by atoms with Crippen LogP contribution in [-0.2, 0) is 26.1 Å². The summed E-state index contributed by atoms with van der Waals surface area (Å²) in [6.45, 7) is 8.57. The number of carboxylic acids is 1. The van der Waals surface area contributed by atoms with Gasteiger partial charge in [0.05, 0.1) is 37.4 Å². The number of ether oxygens (including phenoxy) is 2. The highest BCUT2D eigenvalue weighted by Gasteiger charge is 2.50. The van der Waals surface area contributed by atoms with E-state index >= 15 is 0 Å². The smallest absolute Gasteiger partial charge is 0.310 e. The summed E-state index contributed by atoms with van der Waals surface area (Å²) in [5.41, 5.74) is 0.952. The molecule has 238 valence electrons. The second-order valence-corrected chi connectivity index (χ2v) is 14.2. The summed E-state index contributed by atoms with van der Waals surface area (Å²) in [5, 5.41) is 17.9. The molecule has 1 atom stereocenters. The molecule has 12 nitrogen and oxygen atoms in total. The Hall–Kier alpha value is -4.08. The number of aliphatic carboxylic acids is 1. The van der Waals surface area contributed by atoms with Crippen LogP contribution in [-0.4, -0.2) is 73.7 Å². The maximum Gasteiger partial charge on any atom is 0.310 e. The molecule has 0 saturated carbocycles. The van der Waals surface area contributed by atoms with Gasteiger partial charge >= 0.3 is 5.97 Å². The van der Waals surface area contributed by atoms with Crippen molar-refractivity contribution in [1.82, 2.24) is 28.9 Å². The van der Waals surface area contributed by atoms with Crippen molar-refractivity contribution >= 4 is 21.6 Å². The van der Waals surface area contributed by atoms with E-state index in [1.165, 1.54) is 21.0 Å². The molecule has 4 aromatic heterocycles. The van der Waals surface area contributed by atoms with Crippen molar-refractivity contribution in [3.05, 3.63) is 76.1 Å². The van der Waals surface area contributed by atoms with E-state index in [0.29, 0.717) is 33.6 Å². The number of alkyl halides is 2. The summed E-state index contributed by atoms with van der Waals surface area (Å²) in [7, 11) is -4.09. The van der Waals surface area contributed by atoms with Gasteiger partial charge in [-0.3, -0.25) is 14.2 Å². The number of nitrogens with zero attached hydrogens (tertiary/aromatic N) is 6. The van der Waals surface area contributed by atoms with Crippen LogP contribution in [0.3, 0.4) is 0 Å². The number of carbonyl (C=O) groups is 1. The van der Waals surface area contributed by atoms with E-state index < -0.39 is 45.2 Å². The van der Waals surface area contributed by atoms with Gasteiger partial charge < -0.3 is 14.6 Å². The third kappa shape index (κ3) is 5.12. The Morgan fingerprint density at radius 2 is 1.89 bits per heavy atom. The largest absolute Gasteiger partial charge is 0.481 e. The summed E-state index contributed by atoms with van der Waals surface area (Å²) in [6.07, 6.45) is 0.0939. The molecule has 4 aromatic rings. The SMILES string of the molecule is Cc1cnc2c(c1)S(=O)(=O)N(Cc1nc([C@H](c3ccn4c(C(F)F)nnc4c3C)C(C)(C)C(=O)O)ccc1C)CC1(COC1)O2. The van der Waals surface area contributed by atoms with Gasteiger partial charge in [0.2, 0.25) is 21.7 Å². The number of halogens is 2. The summed E-state index contributed by atoms with van der Waals surface area (Å²) in [6, 6.07) is 6.58. The molecule has 0 unspecified atom stereocenters. The first kappa shape index (κ1) is 30.9. The highest BCUT2D eigenvalue weighted by atomic mass is 32.2. The van der Waals surface area contributed by atoms with Crippen LogP contribution < -0.4 is 4.74 Å². The first-order valence-corrected chi connectivity index (χ1v) is 15.6. The molecule has 15 heteroatoms. The minimum atomic E-state index is -4.09. The number of carboxylic acid groups (broad SMARTS) is 1. The van der Waals surface area contributed by atoms with E-state index in [0.717, 1.165) is 0 Å². The molecule has 0 aromatic carbocycles. The third-order valence-corrected chi connectivity index (χ3v) is 10.4. The topological polar surface area (TPSA) is 149 Å². The van der Waals surface area contributed by atoms with E-state index in [-0.39, 0.29) is 42.7 Å². The van der Waals surface area contributed by atoms with E-state index in [9.17, 15) is 27.1 Å². The predicted molar refractivity (Wildman–Crippen MR) is 156 cm³/mol. The first-order valence-electron chi connectivity index (χ1n) is 14.2. The Balaban J connectivity index is 1.46. The maximum absolute atomic E-state index is 14.0. The van der Waals surface area contributed by atoms with Gasteiger partial charge in [0.1, 0.15) is 4.90 Å². The standard InChI is InChI=1S/C30H32F2N6O6S/c1-16-10-22-27(33-11-16)44-30(14-43-15-30)13-37(45(22,41)42)12-21-17(2)6-7-20(34-21)23(29(4,5)28(39)40)19-8-9-38-25(18(19)3)35-36-26(38)24(31)32/h6-11,23-24H,12-15H2,1-5H3,(H,39,40)/t23-/m0/s1. The maximum atomic E-state index is 14.0. The minimum Gasteiger partial charge on any atom is -0.481 e. The van der Waals surface area contributed by atoms with Gasteiger partial charge in [0, 0.05) is 24.0 Å². The van der Waals surface area contributed by atoms with E-state index in [4.69, 9.17) is 14.5 Å². The lowest BCUT2D eigenvalue weighted by Gasteiger charge is -2.41. The van der Waals surface area contributed by atoms with Gasteiger partial charge in [-0.1, -0.05) is 6.07 Å². The molecule has 6 heterocycles. The highest BCUT2D eigenvalue weighted by molar-refractivity contribution is 7.89. The van der Waals surface area contributed by atoms with E-state index in [1.807, 2.05) is 0 Å². The van der Waals surface area contributed by atoms with Gasteiger partial charge in [-0.15, -0.1) is 10.2 Å². The van der Waals surface area contributed by atoms with Crippen molar-refractivity contribution < 1.29 is 36.6 Å². The average molecular weight is 643 g/mol.